The Morgan fingerprint density at radius 3 is 1.39 bits per heavy atom. The highest BCUT2D eigenvalue weighted by Gasteiger charge is 2.06. The molecule has 0 radical (unpaired) electrons. The van der Waals surface area contributed by atoms with Crippen molar-refractivity contribution in [2.24, 2.45) is 11.8 Å². The maximum Gasteiger partial charge on any atom is 0.149 e. The molecule has 0 heterocycles. The fourth-order valence-corrected chi connectivity index (χ4v) is 3.96. The molecule has 23 heavy (non-hydrogen) atoms. The van der Waals surface area contributed by atoms with Gasteiger partial charge in [0.2, 0.25) is 0 Å². The standard InChI is InChI=1S/C18H36Br2O3/c1-15(11-17(3)19)7-5-9-21-13-23-14-22-10-6-8-16(2)12-18(4)20/h15-18H,5-14H2,1-4H3. The highest BCUT2D eigenvalue weighted by molar-refractivity contribution is 9.09. The van der Waals surface area contributed by atoms with E-state index < -0.39 is 0 Å². The molecule has 0 amide bonds. The first-order valence-electron chi connectivity index (χ1n) is 8.93. The van der Waals surface area contributed by atoms with Gasteiger partial charge in [0.15, 0.2) is 0 Å². The topological polar surface area (TPSA) is 27.7 Å². The van der Waals surface area contributed by atoms with Crippen molar-refractivity contribution in [1.82, 2.24) is 0 Å². The molecule has 0 spiro atoms. The van der Waals surface area contributed by atoms with Crippen molar-refractivity contribution in [2.45, 2.75) is 75.9 Å². The molecule has 0 aliphatic rings. The van der Waals surface area contributed by atoms with Gasteiger partial charge in [-0.15, -0.1) is 0 Å². The van der Waals surface area contributed by atoms with Crippen molar-refractivity contribution >= 4 is 31.9 Å². The Kier molecular flexibility index (Phi) is 16.9. The molecule has 0 rings (SSSR count). The summed E-state index contributed by atoms with van der Waals surface area (Å²) in [5.74, 6) is 1.49. The van der Waals surface area contributed by atoms with Gasteiger partial charge in [-0.25, -0.2) is 0 Å². The summed E-state index contributed by atoms with van der Waals surface area (Å²) >= 11 is 7.19. The Balaban J connectivity index is 3.19. The lowest BCUT2D eigenvalue weighted by atomic mass is 10.0. The smallest absolute Gasteiger partial charge is 0.149 e. The predicted octanol–water partition coefficient (Wildman–Crippen LogP) is 6.13. The van der Waals surface area contributed by atoms with Gasteiger partial charge in [0.25, 0.3) is 0 Å². The fourth-order valence-electron chi connectivity index (χ4n) is 2.68. The first kappa shape index (κ1) is 23.8. The van der Waals surface area contributed by atoms with Gasteiger partial charge in [-0.3, -0.25) is 0 Å². The Hall–Kier alpha value is 0.840. The molecule has 0 saturated heterocycles. The number of hydrogen-bond donors (Lipinski definition) is 0. The third-order valence-electron chi connectivity index (χ3n) is 3.76. The van der Waals surface area contributed by atoms with Gasteiger partial charge in [0, 0.05) is 22.9 Å². The quantitative estimate of drug-likeness (QED) is 0.158. The van der Waals surface area contributed by atoms with E-state index in [0.717, 1.165) is 37.9 Å². The van der Waals surface area contributed by atoms with Gasteiger partial charge >= 0.3 is 0 Å². The maximum absolute atomic E-state index is 5.46. The van der Waals surface area contributed by atoms with Crippen LogP contribution in [0, 0.1) is 11.8 Å². The lowest BCUT2D eigenvalue weighted by Gasteiger charge is -2.13. The first-order chi connectivity index (χ1) is 10.9. The Morgan fingerprint density at radius 1 is 0.652 bits per heavy atom. The molecular formula is C18H36Br2O3. The van der Waals surface area contributed by atoms with E-state index in [1.165, 1.54) is 25.7 Å². The van der Waals surface area contributed by atoms with Gasteiger partial charge in [-0.2, -0.15) is 0 Å². The van der Waals surface area contributed by atoms with Gasteiger partial charge in [0.05, 0.1) is 0 Å². The van der Waals surface area contributed by atoms with E-state index in [-0.39, 0.29) is 0 Å². The monoisotopic (exact) mass is 458 g/mol. The fraction of sp³-hybridized carbons (Fsp3) is 1.00. The molecule has 4 atom stereocenters. The molecule has 4 unspecified atom stereocenters. The second kappa shape index (κ2) is 16.3. The normalized spacial score (nSPS) is 17.0. The summed E-state index contributed by atoms with van der Waals surface area (Å²) in [6, 6.07) is 0. The van der Waals surface area contributed by atoms with Crippen LogP contribution >= 0.6 is 31.9 Å². The lowest BCUT2D eigenvalue weighted by molar-refractivity contribution is -0.132. The van der Waals surface area contributed by atoms with Crippen molar-refractivity contribution < 1.29 is 14.2 Å². The van der Waals surface area contributed by atoms with Crippen molar-refractivity contribution in [2.75, 3.05) is 26.8 Å². The summed E-state index contributed by atoms with van der Waals surface area (Å²) in [7, 11) is 0. The summed E-state index contributed by atoms with van der Waals surface area (Å²) in [6.07, 6.45) is 7.04. The summed E-state index contributed by atoms with van der Waals surface area (Å²) in [6.45, 7) is 11.2. The maximum atomic E-state index is 5.46. The van der Waals surface area contributed by atoms with Crippen molar-refractivity contribution in [3.05, 3.63) is 0 Å². The van der Waals surface area contributed by atoms with E-state index in [1.807, 2.05) is 0 Å². The average molecular weight is 460 g/mol. The molecule has 0 bridgehead atoms. The van der Waals surface area contributed by atoms with Crippen LogP contribution in [-0.4, -0.2) is 36.5 Å². The molecule has 140 valence electrons. The highest BCUT2D eigenvalue weighted by Crippen LogP contribution is 2.17. The highest BCUT2D eigenvalue weighted by atomic mass is 79.9. The Labute approximate surface area is 160 Å². The van der Waals surface area contributed by atoms with Crippen LogP contribution < -0.4 is 0 Å². The molecule has 0 saturated carbocycles. The number of alkyl halides is 2. The molecule has 3 nitrogen and oxygen atoms in total. The molecule has 0 aromatic carbocycles. The van der Waals surface area contributed by atoms with Gasteiger partial charge in [-0.1, -0.05) is 59.6 Å². The van der Waals surface area contributed by atoms with E-state index in [4.69, 9.17) is 14.2 Å². The van der Waals surface area contributed by atoms with Crippen LogP contribution in [0.3, 0.4) is 0 Å². The van der Waals surface area contributed by atoms with E-state index in [0.29, 0.717) is 23.2 Å². The van der Waals surface area contributed by atoms with Crippen LogP contribution in [0.2, 0.25) is 0 Å². The third kappa shape index (κ3) is 19.0. The number of ether oxygens (including phenoxy) is 3. The second-order valence-electron chi connectivity index (χ2n) is 6.78. The minimum absolute atomic E-state index is 0.334. The Morgan fingerprint density at radius 2 is 1.04 bits per heavy atom. The molecule has 0 aromatic rings. The minimum Gasteiger partial charge on any atom is -0.355 e. The van der Waals surface area contributed by atoms with Gasteiger partial charge in [-0.05, 0) is 50.4 Å². The van der Waals surface area contributed by atoms with Crippen LogP contribution in [0.25, 0.3) is 0 Å². The van der Waals surface area contributed by atoms with E-state index in [9.17, 15) is 0 Å². The molecule has 0 fully saturated rings. The zero-order valence-corrected chi connectivity index (χ0v) is 18.5. The summed E-state index contributed by atoms with van der Waals surface area (Å²) in [5, 5.41) is 0. The summed E-state index contributed by atoms with van der Waals surface area (Å²) in [5.41, 5.74) is 0. The molecule has 0 aliphatic carbocycles. The van der Waals surface area contributed by atoms with Gasteiger partial charge in [0.1, 0.15) is 13.6 Å². The van der Waals surface area contributed by atoms with E-state index in [1.54, 1.807) is 0 Å². The molecular weight excluding hydrogens is 424 g/mol. The van der Waals surface area contributed by atoms with Crippen LogP contribution in [0.1, 0.15) is 66.2 Å². The molecule has 0 N–H and O–H groups in total. The summed E-state index contributed by atoms with van der Waals surface area (Å²) in [4.78, 5) is 1.20. The number of halogens is 2. The van der Waals surface area contributed by atoms with Crippen molar-refractivity contribution in [3.63, 3.8) is 0 Å². The van der Waals surface area contributed by atoms with Crippen LogP contribution in [0.4, 0.5) is 0 Å². The van der Waals surface area contributed by atoms with Crippen LogP contribution in [-0.2, 0) is 14.2 Å². The first-order valence-corrected chi connectivity index (χ1v) is 10.8. The van der Waals surface area contributed by atoms with E-state index >= 15 is 0 Å². The Bertz CT molecular complexity index is 226. The van der Waals surface area contributed by atoms with Crippen LogP contribution in [0.5, 0.6) is 0 Å². The second-order valence-corrected chi connectivity index (χ2v) is 9.91. The van der Waals surface area contributed by atoms with Crippen LogP contribution in [0.15, 0.2) is 0 Å². The SMILES string of the molecule is CC(Br)CC(C)CCCOCOCOCCCC(C)CC(C)Br. The van der Waals surface area contributed by atoms with Crippen molar-refractivity contribution in [3.8, 4) is 0 Å². The zero-order chi connectivity index (χ0) is 17.5. The van der Waals surface area contributed by atoms with Crippen molar-refractivity contribution in [1.29, 1.82) is 0 Å². The third-order valence-corrected chi connectivity index (χ3v) is 4.51. The largest absolute Gasteiger partial charge is 0.355 e. The molecule has 0 aliphatic heterocycles. The lowest BCUT2D eigenvalue weighted by Crippen LogP contribution is -2.08. The van der Waals surface area contributed by atoms with Gasteiger partial charge < -0.3 is 14.2 Å². The summed E-state index contributed by atoms with van der Waals surface area (Å²) < 4.78 is 16.2. The number of hydrogen-bond acceptors (Lipinski definition) is 3. The predicted molar refractivity (Wildman–Crippen MR) is 106 cm³/mol. The minimum atomic E-state index is 0.334. The molecule has 5 heteroatoms. The van der Waals surface area contributed by atoms with E-state index in [2.05, 4.69) is 59.6 Å². The molecule has 0 aromatic heterocycles. The zero-order valence-electron chi connectivity index (χ0n) is 15.4. The number of rotatable bonds is 16. The average Bonchev–Trinajstić information content (AvgIpc) is 2.43.